The smallest absolute Gasteiger partial charge is 0.163 e. The number of aromatic amines is 1. The molecule has 0 saturated carbocycles. The zero-order chi connectivity index (χ0) is 18.5. The molecule has 3 aromatic rings. The van der Waals surface area contributed by atoms with Crippen LogP contribution in [0.25, 0.3) is 11.4 Å². The highest BCUT2D eigenvalue weighted by Crippen LogP contribution is 2.24. The Bertz CT molecular complexity index is 859. The molecule has 0 radical (unpaired) electrons. The number of ether oxygens (including phenoxy) is 1. The number of likely N-dealkylation sites (N-methyl/N-ethyl adjacent to an activating group) is 1. The van der Waals surface area contributed by atoms with Gasteiger partial charge in [-0.1, -0.05) is 29.8 Å². The minimum absolute atomic E-state index is 0.627. The van der Waals surface area contributed by atoms with E-state index in [1.165, 1.54) is 5.56 Å². The summed E-state index contributed by atoms with van der Waals surface area (Å²) >= 11 is 0. The van der Waals surface area contributed by atoms with Crippen LogP contribution in [0.1, 0.15) is 11.3 Å². The summed E-state index contributed by atoms with van der Waals surface area (Å²) in [4.78, 5) is 11.4. The van der Waals surface area contributed by atoms with Crippen LogP contribution in [0.5, 0.6) is 0 Å². The maximum absolute atomic E-state index is 5.18. The Kier molecular flexibility index (Phi) is 5.48. The Morgan fingerprint density at radius 2 is 1.85 bits per heavy atom. The molecule has 136 valence electrons. The van der Waals surface area contributed by atoms with Crippen LogP contribution in [0.3, 0.4) is 0 Å². The predicted octanol–water partition coefficient (Wildman–Crippen LogP) is 3.31. The fourth-order valence-corrected chi connectivity index (χ4v) is 2.48. The molecule has 7 nitrogen and oxygen atoms in total. The third-order valence-electron chi connectivity index (χ3n) is 4.01. The van der Waals surface area contributed by atoms with Gasteiger partial charge in [0.25, 0.3) is 0 Å². The zero-order valence-electron chi connectivity index (χ0n) is 15.6. The summed E-state index contributed by atoms with van der Waals surface area (Å²) in [6.07, 6.45) is 0. The molecule has 0 bridgehead atoms. The van der Waals surface area contributed by atoms with Gasteiger partial charge in [0, 0.05) is 44.1 Å². The molecule has 26 heavy (non-hydrogen) atoms. The first-order chi connectivity index (χ1) is 12.5. The van der Waals surface area contributed by atoms with E-state index < -0.39 is 0 Å². The van der Waals surface area contributed by atoms with E-state index in [9.17, 15) is 0 Å². The SMILES string of the molecule is COCCN(C)c1cc(Nc2cc(C)[nH]n2)nc(-c2ccc(C)cc2)n1. The minimum atomic E-state index is 0.627. The van der Waals surface area contributed by atoms with Crippen molar-refractivity contribution in [1.82, 2.24) is 20.2 Å². The molecular weight excluding hydrogens is 328 g/mol. The standard InChI is InChI=1S/C19H24N6O/c1-13-5-7-15(8-6-13)19-21-16(20-17-11-14(2)23-24-17)12-18(22-19)25(3)9-10-26-4/h5-8,11-12H,9-10H2,1-4H3,(H2,20,21,22,23,24). The average Bonchev–Trinajstić information content (AvgIpc) is 3.04. The van der Waals surface area contributed by atoms with Gasteiger partial charge in [-0.15, -0.1) is 0 Å². The van der Waals surface area contributed by atoms with Crippen LogP contribution < -0.4 is 10.2 Å². The number of H-pyrrole nitrogens is 1. The van der Waals surface area contributed by atoms with Gasteiger partial charge in [-0.05, 0) is 13.8 Å². The van der Waals surface area contributed by atoms with Crippen molar-refractivity contribution in [2.24, 2.45) is 0 Å². The highest BCUT2D eigenvalue weighted by molar-refractivity contribution is 5.64. The Hall–Kier alpha value is -2.93. The second-order valence-electron chi connectivity index (χ2n) is 6.28. The molecule has 3 rings (SSSR count). The van der Waals surface area contributed by atoms with Gasteiger partial charge in [0.2, 0.25) is 0 Å². The van der Waals surface area contributed by atoms with Crippen molar-refractivity contribution < 1.29 is 4.74 Å². The zero-order valence-corrected chi connectivity index (χ0v) is 15.6. The number of hydrogen-bond donors (Lipinski definition) is 2. The molecule has 0 fully saturated rings. The highest BCUT2D eigenvalue weighted by Gasteiger charge is 2.11. The van der Waals surface area contributed by atoms with E-state index in [4.69, 9.17) is 9.72 Å². The topological polar surface area (TPSA) is 79.0 Å². The van der Waals surface area contributed by atoms with Gasteiger partial charge in [-0.2, -0.15) is 5.10 Å². The Labute approximate surface area is 153 Å². The first-order valence-corrected chi connectivity index (χ1v) is 8.50. The van der Waals surface area contributed by atoms with Crippen LogP contribution in [0.15, 0.2) is 36.4 Å². The van der Waals surface area contributed by atoms with Crippen molar-refractivity contribution in [2.75, 3.05) is 37.5 Å². The summed E-state index contributed by atoms with van der Waals surface area (Å²) in [5.41, 5.74) is 3.16. The van der Waals surface area contributed by atoms with E-state index in [2.05, 4.69) is 39.6 Å². The maximum Gasteiger partial charge on any atom is 0.163 e. The lowest BCUT2D eigenvalue weighted by Crippen LogP contribution is -2.23. The minimum Gasteiger partial charge on any atom is -0.383 e. The summed E-state index contributed by atoms with van der Waals surface area (Å²) < 4.78 is 5.18. The Balaban J connectivity index is 1.96. The van der Waals surface area contributed by atoms with Gasteiger partial charge >= 0.3 is 0 Å². The first-order valence-electron chi connectivity index (χ1n) is 8.50. The lowest BCUT2D eigenvalue weighted by atomic mass is 10.1. The van der Waals surface area contributed by atoms with Crippen molar-refractivity contribution in [2.45, 2.75) is 13.8 Å². The van der Waals surface area contributed by atoms with Crippen molar-refractivity contribution in [3.63, 3.8) is 0 Å². The lowest BCUT2D eigenvalue weighted by Gasteiger charge is -2.19. The molecule has 0 unspecified atom stereocenters. The van der Waals surface area contributed by atoms with Crippen LogP contribution >= 0.6 is 0 Å². The highest BCUT2D eigenvalue weighted by atomic mass is 16.5. The fourth-order valence-electron chi connectivity index (χ4n) is 2.48. The lowest BCUT2D eigenvalue weighted by molar-refractivity contribution is 0.206. The summed E-state index contributed by atoms with van der Waals surface area (Å²) in [7, 11) is 3.68. The molecule has 0 aliphatic carbocycles. The molecule has 0 amide bonds. The van der Waals surface area contributed by atoms with Gasteiger partial charge < -0.3 is 15.0 Å². The molecule has 2 aromatic heterocycles. The van der Waals surface area contributed by atoms with E-state index in [-0.39, 0.29) is 0 Å². The maximum atomic E-state index is 5.18. The van der Waals surface area contributed by atoms with Crippen molar-refractivity contribution in [1.29, 1.82) is 0 Å². The summed E-state index contributed by atoms with van der Waals surface area (Å²) in [5.74, 6) is 2.91. The number of hydrogen-bond acceptors (Lipinski definition) is 6. The monoisotopic (exact) mass is 352 g/mol. The van der Waals surface area contributed by atoms with Gasteiger partial charge in [-0.3, -0.25) is 5.10 Å². The van der Waals surface area contributed by atoms with E-state index in [0.29, 0.717) is 18.2 Å². The van der Waals surface area contributed by atoms with Crippen LogP contribution in [0.4, 0.5) is 17.5 Å². The third kappa shape index (κ3) is 4.37. The number of nitrogens with zero attached hydrogens (tertiary/aromatic N) is 4. The number of aryl methyl sites for hydroxylation is 2. The average molecular weight is 352 g/mol. The fraction of sp³-hybridized carbons (Fsp3) is 0.316. The molecule has 0 aliphatic rings. The molecule has 0 atom stereocenters. The normalized spacial score (nSPS) is 10.8. The number of anilines is 3. The molecule has 1 aromatic carbocycles. The molecule has 0 saturated heterocycles. The van der Waals surface area contributed by atoms with Crippen LogP contribution in [0, 0.1) is 13.8 Å². The summed E-state index contributed by atoms with van der Waals surface area (Å²) in [6.45, 7) is 5.38. The van der Waals surface area contributed by atoms with Crippen LogP contribution in [-0.4, -0.2) is 47.5 Å². The third-order valence-corrected chi connectivity index (χ3v) is 4.01. The quantitative estimate of drug-likeness (QED) is 0.679. The second-order valence-corrected chi connectivity index (χ2v) is 6.28. The molecule has 7 heteroatoms. The van der Waals surface area contributed by atoms with E-state index in [0.717, 1.165) is 29.4 Å². The van der Waals surface area contributed by atoms with E-state index in [1.807, 2.05) is 43.1 Å². The molecule has 0 aliphatic heterocycles. The number of rotatable bonds is 7. The molecule has 0 spiro atoms. The summed E-state index contributed by atoms with van der Waals surface area (Å²) in [6, 6.07) is 12.0. The summed E-state index contributed by atoms with van der Waals surface area (Å²) in [5, 5.41) is 10.4. The number of aromatic nitrogens is 4. The van der Waals surface area contributed by atoms with Gasteiger partial charge in [-0.25, -0.2) is 9.97 Å². The van der Waals surface area contributed by atoms with Crippen LogP contribution in [-0.2, 0) is 4.74 Å². The van der Waals surface area contributed by atoms with Crippen molar-refractivity contribution in [3.05, 3.63) is 47.7 Å². The molecule has 2 heterocycles. The van der Waals surface area contributed by atoms with E-state index in [1.54, 1.807) is 7.11 Å². The second kappa shape index (κ2) is 7.97. The number of nitrogens with one attached hydrogen (secondary N) is 2. The number of benzene rings is 1. The van der Waals surface area contributed by atoms with E-state index >= 15 is 0 Å². The van der Waals surface area contributed by atoms with Gasteiger partial charge in [0.15, 0.2) is 11.6 Å². The number of methoxy groups -OCH3 is 1. The molecule has 2 N–H and O–H groups in total. The largest absolute Gasteiger partial charge is 0.383 e. The molecular formula is C19H24N6O. The van der Waals surface area contributed by atoms with Crippen LogP contribution in [0.2, 0.25) is 0 Å². The van der Waals surface area contributed by atoms with Gasteiger partial charge in [0.1, 0.15) is 11.6 Å². The van der Waals surface area contributed by atoms with Crippen molar-refractivity contribution in [3.8, 4) is 11.4 Å². The van der Waals surface area contributed by atoms with Crippen molar-refractivity contribution >= 4 is 17.5 Å². The predicted molar refractivity (Wildman–Crippen MR) is 104 cm³/mol. The Morgan fingerprint density at radius 1 is 1.08 bits per heavy atom. The Morgan fingerprint density at radius 3 is 2.50 bits per heavy atom. The van der Waals surface area contributed by atoms with Gasteiger partial charge in [0.05, 0.1) is 6.61 Å². The first kappa shape index (κ1) is 17.9.